The predicted molar refractivity (Wildman–Crippen MR) is 135 cm³/mol. The van der Waals surface area contributed by atoms with Gasteiger partial charge in [0, 0.05) is 32.4 Å². The van der Waals surface area contributed by atoms with E-state index in [1.165, 1.54) is 6.20 Å². The van der Waals surface area contributed by atoms with Crippen molar-refractivity contribution in [2.45, 2.75) is 20.4 Å². The van der Waals surface area contributed by atoms with Crippen LogP contribution < -0.4 is 30.7 Å². The first-order valence-electron chi connectivity index (χ1n) is 11.3. The molecule has 0 saturated heterocycles. The molecule has 3 amide bonds. The highest BCUT2D eigenvalue weighted by atomic mass is 16.5. The van der Waals surface area contributed by atoms with Gasteiger partial charge in [-0.25, -0.2) is 4.79 Å². The van der Waals surface area contributed by atoms with Gasteiger partial charge in [-0.15, -0.1) is 0 Å². The predicted octanol–water partition coefficient (Wildman–Crippen LogP) is 3.77. The number of likely N-dealkylation sites (N-methyl/N-ethyl adjacent to an activating group) is 1. The molecule has 0 aliphatic heterocycles. The molecule has 2 aromatic carbocycles. The summed E-state index contributed by atoms with van der Waals surface area (Å²) in [6, 6.07) is 14.3. The van der Waals surface area contributed by atoms with Crippen molar-refractivity contribution < 1.29 is 19.1 Å². The van der Waals surface area contributed by atoms with Crippen LogP contribution >= 0.6 is 0 Å². The molecular formula is C26H31N5O4. The summed E-state index contributed by atoms with van der Waals surface area (Å²) < 4.78 is 11.7. The molecule has 3 rings (SSSR count). The number of hydrogen-bond acceptors (Lipinski definition) is 6. The van der Waals surface area contributed by atoms with Crippen molar-refractivity contribution >= 4 is 17.6 Å². The second-order valence-electron chi connectivity index (χ2n) is 7.92. The van der Waals surface area contributed by atoms with Gasteiger partial charge in [-0.2, -0.15) is 0 Å². The Morgan fingerprint density at radius 1 is 0.971 bits per heavy atom. The van der Waals surface area contributed by atoms with Crippen LogP contribution in [0.15, 0.2) is 54.7 Å². The Bertz CT molecular complexity index is 1180. The normalized spacial score (nSPS) is 10.4. The number of ether oxygens (including phenoxy) is 2. The third kappa shape index (κ3) is 7.44. The van der Waals surface area contributed by atoms with Crippen molar-refractivity contribution in [2.24, 2.45) is 0 Å². The smallest absolute Gasteiger partial charge is 0.319 e. The third-order valence-corrected chi connectivity index (χ3v) is 5.10. The van der Waals surface area contributed by atoms with E-state index in [2.05, 4.69) is 26.3 Å². The number of anilines is 1. The maximum atomic E-state index is 12.5. The van der Waals surface area contributed by atoms with E-state index in [4.69, 9.17) is 9.47 Å². The Hall–Kier alpha value is -4.11. The van der Waals surface area contributed by atoms with Crippen molar-refractivity contribution in [2.75, 3.05) is 32.6 Å². The van der Waals surface area contributed by atoms with E-state index in [-0.39, 0.29) is 17.6 Å². The molecule has 0 aliphatic rings. The zero-order chi connectivity index (χ0) is 25.2. The van der Waals surface area contributed by atoms with Gasteiger partial charge in [0.1, 0.15) is 29.5 Å². The minimum absolute atomic E-state index is 0.277. The van der Waals surface area contributed by atoms with E-state index in [0.717, 1.165) is 16.7 Å². The van der Waals surface area contributed by atoms with Gasteiger partial charge in [0.05, 0.1) is 5.69 Å². The number of nitrogens with zero attached hydrogens (tertiary/aromatic N) is 1. The first-order chi connectivity index (χ1) is 16.9. The molecule has 0 atom stereocenters. The summed E-state index contributed by atoms with van der Waals surface area (Å²) in [5.74, 6) is 1.50. The number of urea groups is 1. The molecule has 0 aliphatic carbocycles. The Morgan fingerprint density at radius 2 is 1.77 bits per heavy atom. The molecule has 0 unspecified atom stereocenters. The van der Waals surface area contributed by atoms with Crippen molar-refractivity contribution in [3.05, 3.63) is 77.1 Å². The van der Waals surface area contributed by atoms with Crippen molar-refractivity contribution in [3.63, 3.8) is 0 Å². The Balaban J connectivity index is 1.59. The van der Waals surface area contributed by atoms with Gasteiger partial charge in [-0.1, -0.05) is 18.2 Å². The van der Waals surface area contributed by atoms with E-state index >= 15 is 0 Å². The molecule has 0 bridgehead atoms. The average molecular weight is 478 g/mol. The van der Waals surface area contributed by atoms with Gasteiger partial charge in [0.25, 0.3) is 5.91 Å². The minimum Gasteiger partial charge on any atom is -0.490 e. The molecule has 3 aromatic rings. The second kappa shape index (κ2) is 12.4. The molecular weight excluding hydrogens is 446 g/mol. The summed E-state index contributed by atoms with van der Waals surface area (Å²) >= 11 is 0. The minimum atomic E-state index is -0.328. The molecule has 1 heterocycles. The van der Waals surface area contributed by atoms with Crippen LogP contribution in [-0.4, -0.2) is 44.2 Å². The van der Waals surface area contributed by atoms with Gasteiger partial charge in [-0.05, 0) is 61.9 Å². The van der Waals surface area contributed by atoms with Crippen LogP contribution in [0.5, 0.6) is 17.2 Å². The third-order valence-electron chi connectivity index (χ3n) is 5.10. The molecule has 9 nitrogen and oxygen atoms in total. The summed E-state index contributed by atoms with van der Waals surface area (Å²) in [4.78, 5) is 28.4. The van der Waals surface area contributed by atoms with Crippen LogP contribution in [0.4, 0.5) is 10.5 Å². The number of aromatic nitrogens is 1. The number of pyridine rings is 1. The lowest BCUT2D eigenvalue weighted by Crippen LogP contribution is -2.28. The molecule has 9 heteroatoms. The maximum absolute atomic E-state index is 12.5. The van der Waals surface area contributed by atoms with Crippen LogP contribution in [-0.2, 0) is 6.54 Å². The molecule has 35 heavy (non-hydrogen) atoms. The monoisotopic (exact) mass is 477 g/mol. The topological polar surface area (TPSA) is 114 Å². The Labute approximate surface area is 205 Å². The van der Waals surface area contributed by atoms with Crippen molar-refractivity contribution in [1.29, 1.82) is 0 Å². The largest absolute Gasteiger partial charge is 0.490 e. The SMILES string of the molecule is CNCCOc1ccc(C)cc1NC(=O)NCc1ccc(Oc2ccnc(C(=O)NC)c2)c(C)c1. The van der Waals surface area contributed by atoms with Gasteiger partial charge < -0.3 is 30.7 Å². The fraction of sp³-hybridized carbons (Fsp3) is 0.269. The molecule has 184 valence electrons. The highest BCUT2D eigenvalue weighted by molar-refractivity contribution is 5.92. The fourth-order valence-electron chi connectivity index (χ4n) is 3.27. The highest BCUT2D eigenvalue weighted by Gasteiger charge is 2.11. The van der Waals surface area contributed by atoms with E-state index in [9.17, 15) is 9.59 Å². The number of nitrogens with one attached hydrogen (secondary N) is 4. The van der Waals surface area contributed by atoms with Gasteiger partial charge >= 0.3 is 6.03 Å². The van der Waals surface area contributed by atoms with Crippen LogP contribution in [0.1, 0.15) is 27.2 Å². The summed E-state index contributed by atoms with van der Waals surface area (Å²) in [7, 11) is 3.40. The van der Waals surface area contributed by atoms with E-state index in [1.807, 2.05) is 57.3 Å². The van der Waals surface area contributed by atoms with Crippen molar-refractivity contribution in [1.82, 2.24) is 20.9 Å². The number of rotatable bonds is 10. The molecule has 0 saturated carbocycles. The maximum Gasteiger partial charge on any atom is 0.319 e. The second-order valence-corrected chi connectivity index (χ2v) is 7.92. The lowest BCUT2D eigenvalue weighted by molar-refractivity contribution is 0.0958. The van der Waals surface area contributed by atoms with E-state index in [0.29, 0.717) is 42.6 Å². The van der Waals surface area contributed by atoms with Crippen LogP contribution in [0, 0.1) is 13.8 Å². The molecule has 4 N–H and O–H groups in total. The van der Waals surface area contributed by atoms with Crippen LogP contribution in [0.3, 0.4) is 0 Å². The number of carbonyl (C=O) groups excluding carboxylic acids is 2. The van der Waals surface area contributed by atoms with Crippen molar-refractivity contribution in [3.8, 4) is 17.2 Å². The number of carbonyl (C=O) groups is 2. The lowest BCUT2D eigenvalue weighted by atomic mass is 10.1. The quantitative estimate of drug-likeness (QED) is 0.331. The summed E-state index contributed by atoms with van der Waals surface area (Å²) in [5.41, 5.74) is 3.72. The number of aryl methyl sites for hydroxylation is 2. The van der Waals surface area contributed by atoms with Gasteiger partial charge in [0.2, 0.25) is 0 Å². The molecule has 0 radical (unpaired) electrons. The van der Waals surface area contributed by atoms with Crippen LogP contribution in [0.25, 0.3) is 0 Å². The highest BCUT2D eigenvalue weighted by Crippen LogP contribution is 2.27. The van der Waals surface area contributed by atoms with Gasteiger partial charge in [-0.3, -0.25) is 9.78 Å². The zero-order valence-corrected chi connectivity index (χ0v) is 20.4. The number of amides is 3. The summed E-state index contributed by atoms with van der Waals surface area (Å²) in [6.45, 7) is 5.41. The number of hydrogen-bond donors (Lipinski definition) is 4. The molecule has 1 aromatic heterocycles. The molecule has 0 fully saturated rings. The zero-order valence-electron chi connectivity index (χ0n) is 20.4. The van der Waals surface area contributed by atoms with E-state index < -0.39 is 0 Å². The fourth-order valence-corrected chi connectivity index (χ4v) is 3.27. The molecule has 0 spiro atoms. The van der Waals surface area contributed by atoms with Gasteiger partial charge in [0.15, 0.2) is 0 Å². The first-order valence-corrected chi connectivity index (χ1v) is 11.3. The van der Waals surface area contributed by atoms with E-state index in [1.54, 1.807) is 19.2 Å². The Kier molecular flexibility index (Phi) is 9.02. The summed E-state index contributed by atoms with van der Waals surface area (Å²) in [5, 5.41) is 11.3. The standard InChI is InChI=1S/C26H31N5O4/c1-17-5-7-24(34-12-11-27-3)21(13-17)31-26(33)30-16-19-6-8-23(18(2)14-19)35-20-9-10-29-22(15-20)25(32)28-4/h5-10,13-15,27H,11-12,16H2,1-4H3,(H,28,32)(H2,30,31,33). The lowest BCUT2D eigenvalue weighted by Gasteiger charge is -2.14. The van der Waals surface area contributed by atoms with Crippen LogP contribution in [0.2, 0.25) is 0 Å². The average Bonchev–Trinajstić information content (AvgIpc) is 2.85. The Morgan fingerprint density at radius 3 is 2.51 bits per heavy atom. The first kappa shape index (κ1) is 25.5. The summed E-state index contributed by atoms with van der Waals surface area (Å²) in [6.07, 6.45) is 1.53. The number of benzene rings is 2.